The van der Waals surface area contributed by atoms with E-state index >= 15 is 0 Å². The van der Waals surface area contributed by atoms with Crippen molar-refractivity contribution in [2.75, 3.05) is 51.8 Å². The van der Waals surface area contributed by atoms with Crippen molar-refractivity contribution in [2.24, 2.45) is 0 Å². The number of urea groups is 1. The molecule has 1 heterocycles. The van der Waals surface area contributed by atoms with E-state index in [1.165, 1.54) is 7.11 Å². The number of amides is 3. The number of carbonyl (C=O) groups excluding carboxylic acids is 2. The molecule has 0 bridgehead atoms. The number of hydrogen-bond donors (Lipinski definition) is 1. The zero-order valence-electron chi connectivity index (χ0n) is 14.6. The van der Waals surface area contributed by atoms with Gasteiger partial charge in [0.1, 0.15) is 19.0 Å². The molecule has 1 N–H and O–H groups in total. The number of carbonyl (C=O) groups is 2. The van der Waals surface area contributed by atoms with Crippen LogP contribution in [0.1, 0.15) is 6.42 Å². The average molecular weight is 347 g/mol. The molecule has 0 spiro atoms. The smallest absolute Gasteiger partial charge is 0.321 e. The third-order valence-electron chi connectivity index (χ3n) is 3.86. The van der Waals surface area contributed by atoms with Crippen molar-refractivity contribution in [3.8, 4) is 5.75 Å². The summed E-state index contributed by atoms with van der Waals surface area (Å²) in [6.45, 7) is 6.34. The van der Waals surface area contributed by atoms with Gasteiger partial charge in [-0.25, -0.2) is 4.79 Å². The molecule has 0 unspecified atom stereocenters. The number of benzene rings is 1. The minimum atomic E-state index is -0.179. The highest BCUT2D eigenvalue weighted by Gasteiger charge is 2.21. The van der Waals surface area contributed by atoms with Gasteiger partial charge >= 0.3 is 6.03 Å². The van der Waals surface area contributed by atoms with Crippen LogP contribution >= 0.6 is 0 Å². The predicted molar refractivity (Wildman–Crippen MR) is 95.8 cm³/mol. The Kier molecular flexibility index (Phi) is 7.28. The van der Waals surface area contributed by atoms with Crippen LogP contribution in [0.4, 0.5) is 10.5 Å². The molecule has 0 aliphatic carbocycles. The van der Waals surface area contributed by atoms with Crippen molar-refractivity contribution in [3.05, 3.63) is 36.9 Å². The van der Waals surface area contributed by atoms with Gasteiger partial charge in [-0.2, -0.15) is 0 Å². The molecule has 0 radical (unpaired) electrons. The molecule has 25 heavy (non-hydrogen) atoms. The van der Waals surface area contributed by atoms with Crippen LogP contribution in [0.15, 0.2) is 36.9 Å². The fourth-order valence-corrected chi connectivity index (χ4v) is 2.61. The van der Waals surface area contributed by atoms with Crippen LogP contribution in [0.2, 0.25) is 0 Å². The molecular weight excluding hydrogens is 322 g/mol. The van der Waals surface area contributed by atoms with Gasteiger partial charge in [-0.15, -0.1) is 0 Å². The highest BCUT2D eigenvalue weighted by atomic mass is 16.5. The molecule has 1 saturated heterocycles. The van der Waals surface area contributed by atoms with Crippen molar-refractivity contribution in [3.63, 3.8) is 0 Å². The van der Waals surface area contributed by atoms with Crippen molar-refractivity contribution in [1.29, 1.82) is 0 Å². The zero-order chi connectivity index (χ0) is 18.1. The fourth-order valence-electron chi connectivity index (χ4n) is 2.61. The first-order valence-corrected chi connectivity index (χ1v) is 8.30. The van der Waals surface area contributed by atoms with Gasteiger partial charge in [0.05, 0.1) is 0 Å². The summed E-state index contributed by atoms with van der Waals surface area (Å²) in [6, 6.07) is 7.05. The molecule has 7 heteroatoms. The lowest BCUT2D eigenvalue weighted by Gasteiger charge is -2.22. The van der Waals surface area contributed by atoms with Gasteiger partial charge in [0, 0.05) is 45.0 Å². The molecule has 3 amide bonds. The third kappa shape index (κ3) is 5.79. The highest BCUT2D eigenvalue weighted by Crippen LogP contribution is 2.18. The Bertz CT molecular complexity index is 606. The van der Waals surface area contributed by atoms with Crippen LogP contribution in [0.5, 0.6) is 5.75 Å². The lowest BCUT2D eigenvalue weighted by atomic mass is 10.3. The number of nitrogens with one attached hydrogen (secondary N) is 1. The van der Waals surface area contributed by atoms with E-state index in [1.807, 2.05) is 18.2 Å². The van der Waals surface area contributed by atoms with Crippen molar-refractivity contribution in [1.82, 2.24) is 9.80 Å². The van der Waals surface area contributed by atoms with Crippen LogP contribution in [-0.2, 0) is 9.53 Å². The lowest BCUT2D eigenvalue weighted by Crippen LogP contribution is -2.40. The van der Waals surface area contributed by atoms with E-state index in [-0.39, 0.29) is 18.5 Å². The van der Waals surface area contributed by atoms with Crippen LogP contribution in [-0.4, -0.2) is 68.2 Å². The Hall–Kier alpha value is -2.54. The highest BCUT2D eigenvalue weighted by molar-refractivity contribution is 5.89. The summed E-state index contributed by atoms with van der Waals surface area (Å²) in [6.07, 6.45) is 2.41. The predicted octanol–water partition coefficient (Wildman–Crippen LogP) is 1.96. The maximum Gasteiger partial charge on any atom is 0.321 e. The molecule has 1 aromatic rings. The summed E-state index contributed by atoms with van der Waals surface area (Å²) >= 11 is 0. The Morgan fingerprint density at radius 2 is 2.00 bits per heavy atom. The first-order chi connectivity index (χ1) is 12.1. The summed E-state index contributed by atoms with van der Waals surface area (Å²) in [5.41, 5.74) is 0.670. The molecule has 1 fully saturated rings. The van der Waals surface area contributed by atoms with Gasteiger partial charge in [-0.3, -0.25) is 4.79 Å². The summed E-state index contributed by atoms with van der Waals surface area (Å²) in [7, 11) is 1.50. The van der Waals surface area contributed by atoms with Gasteiger partial charge in [-0.05, 0) is 18.6 Å². The lowest BCUT2D eigenvalue weighted by molar-refractivity contribution is -0.134. The minimum Gasteiger partial charge on any atom is -0.489 e. The molecule has 0 atom stereocenters. The van der Waals surface area contributed by atoms with Gasteiger partial charge < -0.3 is 24.6 Å². The Morgan fingerprint density at radius 1 is 1.24 bits per heavy atom. The fraction of sp³-hybridized carbons (Fsp3) is 0.444. The van der Waals surface area contributed by atoms with Gasteiger partial charge in [0.15, 0.2) is 0 Å². The van der Waals surface area contributed by atoms with E-state index in [0.717, 1.165) is 6.42 Å². The maximum atomic E-state index is 12.5. The number of hydrogen-bond acceptors (Lipinski definition) is 4. The number of methoxy groups -OCH3 is 1. The van der Waals surface area contributed by atoms with Crippen LogP contribution in [0.3, 0.4) is 0 Å². The van der Waals surface area contributed by atoms with Gasteiger partial charge in [0.25, 0.3) is 0 Å². The monoisotopic (exact) mass is 347 g/mol. The zero-order valence-corrected chi connectivity index (χ0v) is 14.6. The molecule has 1 aromatic carbocycles. The summed E-state index contributed by atoms with van der Waals surface area (Å²) in [5, 5.41) is 2.88. The quantitative estimate of drug-likeness (QED) is 0.799. The van der Waals surface area contributed by atoms with E-state index in [9.17, 15) is 9.59 Å². The van der Waals surface area contributed by atoms with E-state index in [2.05, 4.69) is 11.9 Å². The summed E-state index contributed by atoms with van der Waals surface area (Å²) in [5.74, 6) is 0.627. The van der Waals surface area contributed by atoms with Gasteiger partial charge in [-0.1, -0.05) is 18.7 Å². The van der Waals surface area contributed by atoms with E-state index < -0.39 is 0 Å². The van der Waals surface area contributed by atoms with Crippen molar-refractivity contribution < 1.29 is 19.1 Å². The topological polar surface area (TPSA) is 71.1 Å². The molecule has 2 rings (SSSR count). The number of ether oxygens (including phenoxy) is 2. The largest absolute Gasteiger partial charge is 0.489 e. The summed E-state index contributed by atoms with van der Waals surface area (Å²) < 4.78 is 10.4. The Morgan fingerprint density at radius 3 is 2.76 bits per heavy atom. The first-order valence-electron chi connectivity index (χ1n) is 8.30. The molecule has 7 nitrogen and oxygen atoms in total. The molecular formula is C18H25N3O4. The van der Waals surface area contributed by atoms with Crippen LogP contribution in [0, 0.1) is 0 Å². The van der Waals surface area contributed by atoms with Crippen LogP contribution < -0.4 is 10.1 Å². The second-order valence-corrected chi connectivity index (χ2v) is 5.71. The number of anilines is 1. The molecule has 0 saturated carbocycles. The Balaban J connectivity index is 1.90. The molecule has 1 aliphatic heterocycles. The van der Waals surface area contributed by atoms with Crippen LogP contribution in [0.25, 0.3) is 0 Å². The standard InChI is InChI=1S/C18H25N3O4/c1-3-12-25-16-7-4-6-15(13-16)19-18(23)21-9-5-8-20(10-11-21)17(22)14-24-2/h3-4,6-7,13H,1,5,8-12,14H2,2H3,(H,19,23). The number of rotatable bonds is 6. The molecule has 136 valence electrons. The SMILES string of the molecule is C=CCOc1cccc(NC(=O)N2CCCN(C(=O)COC)CC2)c1. The second-order valence-electron chi connectivity index (χ2n) is 5.71. The normalized spacial score (nSPS) is 14.6. The van der Waals surface area contributed by atoms with E-state index in [4.69, 9.17) is 9.47 Å². The van der Waals surface area contributed by atoms with Gasteiger partial charge in [0.2, 0.25) is 5.91 Å². The van der Waals surface area contributed by atoms with Crippen molar-refractivity contribution in [2.45, 2.75) is 6.42 Å². The average Bonchev–Trinajstić information content (AvgIpc) is 2.87. The first kappa shape index (κ1) is 18.8. The van der Waals surface area contributed by atoms with Crippen molar-refractivity contribution >= 4 is 17.6 Å². The second kappa shape index (κ2) is 9.68. The maximum absolute atomic E-state index is 12.5. The summed E-state index contributed by atoms with van der Waals surface area (Å²) in [4.78, 5) is 27.8. The third-order valence-corrected chi connectivity index (χ3v) is 3.86. The minimum absolute atomic E-state index is 0.0446. The number of nitrogens with zero attached hydrogens (tertiary/aromatic N) is 2. The molecule has 0 aromatic heterocycles. The molecule has 1 aliphatic rings. The van der Waals surface area contributed by atoms with E-state index in [0.29, 0.717) is 44.2 Å². The Labute approximate surface area is 148 Å². The van der Waals surface area contributed by atoms with E-state index in [1.54, 1.807) is 21.9 Å².